The zero-order chi connectivity index (χ0) is 20.8. The van der Waals surface area contributed by atoms with E-state index in [0.717, 1.165) is 0 Å². The monoisotopic (exact) mass is 383 g/mol. The van der Waals surface area contributed by atoms with Crippen molar-refractivity contribution >= 4 is 0 Å². The first-order valence-corrected chi connectivity index (χ1v) is 11.7. The third kappa shape index (κ3) is 8.25. The third-order valence-corrected chi connectivity index (χ3v) is 5.83. The number of unbranched alkanes of at least 4 members (excludes halogenated alkanes) is 5. The van der Waals surface area contributed by atoms with Crippen molar-refractivity contribution in [1.29, 1.82) is 0 Å². The van der Waals surface area contributed by atoms with Gasteiger partial charge in [-0.05, 0) is 49.8 Å². The van der Waals surface area contributed by atoms with Gasteiger partial charge in [-0.15, -0.1) is 0 Å². The molecule has 0 saturated heterocycles. The van der Waals surface area contributed by atoms with Crippen molar-refractivity contribution in [2.24, 2.45) is 0 Å². The molecule has 0 amide bonds. The van der Waals surface area contributed by atoms with E-state index in [4.69, 9.17) is 0 Å². The van der Waals surface area contributed by atoms with Crippen LogP contribution >= 0.6 is 0 Å². The number of nitrogens with zero attached hydrogens (tertiary/aromatic N) is 1. The minimum atomic E-state index is 0.498. The SMILES string of the molecule is CCCC(c1ccccc1C)N(C)C1=C(C)C=CCC1.CCCCCCCC. The molecule has 1 atom stereocenters. The van der Waals surface area contributed by atoms with Crippen LogP contribution in [-0.4, -0.2) is 11.9 Å². The van der Waals surface area contributed by atoms with Crippen molar-refractivity contribution < 1.29 is 0 Å². The largest absolute Gasteiger partial charge is 0.371 e. The van der Waals surface area contributed by atoms with Crippen molar-refractivity contribution in [3.8, 4) is 0 Å². The van der Waals surface area contributed by atoms with E-state index in [1.54, 1.807) is 0 Å². The Morgan fingerprint density at radius 3 is 2.07 bits per heavy atom. The summed E-state index contributed by atoms with van der Waals surface area (Å²) in [6.07, 6.45) is 17.8. The molecule has 0 fully saturated rings. The van der Waals surface area contributed by atoms with Gasteiger partial charge in [0.15, 0.2) is 0 Å². The summed E-state index contributed by atoms with van der Waals surface area (Å²) >= 11 is 0. The Bertz CT molecular complexity index is 590. The number of hydrogen-bond donors (Lipinski definition) is 0. The van der Waals surface area contributed by atoms with Gasteiger partial charge >= 0.3 is 0 Å². The number of benzene rings is 1. The summed E-state index contributed by atoms with van der Waals surface area (Å²) in [5.74, 6) is 0. The smallest absolute Gasteiger partial charge is 0.0538 e. The number of aryl methyl sites for hydroxylation is 1. The van der Waals surface area contributed by atoms with Crippen molar-refractivity contribution in [3.63, 3.8) is 0 Å². The fourth-order valence-electron chi connectivity index (χ4n) is 4.06. The van der Waals surface area contributed by atoms with E-state index in [1.165, 1.54) is 86.6 Å². The van der Waals surface area contributed by atoms with E-state index < -0.39 is 0 Å². The Morgan fingerprint density at radius 1 is 0.893 bits per heavy atom. The second kappa shape index (κ2) is 14.5. The van der Waals surface area contributed by atoms with Gasteiger partial charge in [-0.25, -0.2) is 0 Å². The zero-order valence-electron chi connectivity index (χ0n) is 19.6. The molecule has 1 aliphatic rings. The molecule has 1 aromatic carbocycles. The molecule has 0 aromatic heterocycles. The van der Waals surface area contributed by atoms with Crippen LogP contribution in [0.5, 0.6) is 0 Å². The minimum Gasteiger partial charge on any atom is -0.371 e. The van der Waals surface area contributed by atoms with Crippen LogP contribution in [0.1, 0.15) is 109 Å². The number of hydrogen-bond acceptors (Lipinski definition) is 1. The van der Waals surface area contributed by atoms with Crippen LogP contribution in [0.15, 0.2) is 47.7 Å². The second-order valence-electron chi connectivity index (χ2n) is 8.26. The van der Waals surface area contributed by atoms with Crippen molar-refractivity contribution in [2.75, 3.05) is 7.05 Å². The number of allylic oxidation sites excluding steroid dienone is 4. The van der Waals surface area contributed by atoms with Crippen LogP contribution in [0.2, 0.25) is 0 Å². The van der Waals surface area contributed by atoms with E-state index in [9.17, 15) is 0 Å². The van der Waals surface area contributed by atoms with Crippen molar-refractivity contribution in [3.05, 3.63) is 58.8 Å². The van der Waals surface area contributed by atoms with Gasteiger partial charge in [0.1, 0.15) is 0 Å². The summed E-state index contributed by atoms with van der Waals surface area (Å²) in [7, 11) is 2.27. The Kier molecular flexibility index (Phi) is 12.7. The lowest BCUT2D eigenvalue weighted by molar-refractivity contribution is 0.278. The van der Waals surface area contributed by atoms with Crippen LogP contribution < -0.4 is 0 Å². The summed E-state index contributed by atoms with van der Waals surface area (Å²) in [5.41, 5.74) is 5.82. The zero-order valence-corrected chi connectivity index (χ0v) is 19.6. The molecule has 1 heteroatoms. The van der Waals surface area contributed by atoms with Gasteiger partial charge < -0.3 is 4.90 Å². The van der Waals surface area contributed by atoms with Crippen LogP contribution in [0, 0.1) is 6.92 Å². The molecule has 28 heavy (non-hydrogen) atoms. The Labute approximate surface area is 175 Å². The molecule has 1 unspecified atom stereocenters. The first-order valence-electron chi connectivity index (χ1n) is 11.7. The Balaban J connectivity index is 0.000000416. The second-order valence-corrected chi connectivity index (χ2v) is 8.26. The fourth-order valence-corrected chi connectivity index (χ4v) is 4.06. The van der Waals surface area contributed by atoms with Gasteiger partial charge in [0, 0.05) is 12.7 Å². The molecule has 0 radical (unpaired) electrons. The molecule has 0 spiro atoms. The maximum atomic E-state index is 2.52. The van der Waals surface area contributed by atoms with Crippen LogP contribution in [0.4, 0.5) is 0 Å². The average molecular weight is 384 g/mol. The highest BCUT2D eigenvalue weighted by Gasteiger charge is 2.21. The molecule has 0 aliphatic heterocycles. The number of rotatable bonds is 10. The topological polar surface area (TPSA) is 3.24 Å². The normalized spacial score (nSPS) is 14.5. The quantitative estimate of drug-likeness (QED) is 0.365. The lowest BCUT2D eigenvalue weighted by Gasteiger charge is -2.35. The predicted molar refractivity (Wildman–Crippen MR) is 127 cm³/mol. The van der Waals surface area contributed by atoms with E-state index in [2.05, 4.69) is 83.0 Å². The maximum absolute atomic E-state index is 2.52. The molecule has 0 bridgehead atoms. The lowest BCUT2D eigenvalue weighted by Crippen LogP contribution is -2.26. The maximum Gasteiger partial charge on any atom is 0.0538 e. The summed E-state index contributed by atoms with van der Waals surface area (Å²) in [6.45, 7) is 11.3. The molecule has 1 aromatic rings. The molecule has 1 aliphatic carbocycles. The minimum absolute atomic E-state index is 0.498. The standard InChI is InChI=1S/C19H27N.C8H18/c1-5-10-19(17-13-8-6-11-15(17)2)20(4)18-14-9-7-12-16(18)3;1-3-5-7-8-6-4-2/h6-8,11-13,19H,5,9-10,14H2,1-4H3;3-8H2,1-2H3. The highest BCUT2D eigenvalue weighted by molar-refractivity contribution is 5.32. The van der Waals surface area contributed by atoms with Crippen LogP contribution in [0.3, 0.4) is 0 Å². The van der Waals surface area contributed by atoms with Crippen LogP contribution in [-0.2, 0) is 0 Å². The highest BCUT2D eigenvalue weighted by Crippen LogP contribution is 2.33. The van der Waals surface area contributed by atoms with Crippen LogP contribution in [0.25, 0.3) is 0 Å². The molecule has 2 rings (SSSR count). The molecule has 0 heterocycles. The van der Waals surface area contributed by atoms with Crippen molar-refractivity contribution in [1.82, 2.24) is 4.90 Å². The summed E-state index contributed by atoms with van der Waals surface area (Å²) in [5, 5.41) is 0. The summed E-state index contributed by atoms with van der Waals surface area (Å²) in [4.78, 5) is 2.52. The van der Waals surface area contributed by atoms with Gasteiger partial charge in [-0.2, -0.15) is 0 Å². The fraction of sp³-hybridized carbons (Fsp3) is 0.630. The van der Waals surface area contributed by atoms with Gasteiger partial charge in [0.25, 0.3) is 0 Å². The first kappa shape index (κ1) is 24.5. The highest BCUT2D eigenvalue weighted by atomic mass is 15.1. The Hall–Kier alpha value is -1.50. The molecule has 158 valence electrons. The van der Waals surface area contributed by atoms with Crippen molar-refractivity contribution in [2.45, 2.75) is 105 Å². The van der Waals surface area contributed by atoms with E-state index in [-0.39, 0.29) is 0 Å². The predicted octanol–water partition coefficient (Wildman–Crippen LogP) is 8.76. The van der Waals surface area contributed by atoms with Gasteiger partial charge in [0.05, 0.1) is 6.04 Å². The van der Waals surface area contributed by atoms with E-state index in [1.807, 2.05) is 0 Å². The first-order chi connectivity index (χ1) is 13.6. The molecular weight excluding hydrogens is 338 g/mol. The molecule has 0 N–H and O–H groups in total. The van der Waals surface area contributed by atoms with E-state index in [0.29, 0.717) is 6.04 Å². The Morgan fingerprint density at radius 2 is 1.54 bits per heavy atom. The average Bonchev–Trinajstić information content (AvgIpc) is 2.71. The van der Waals surface area contributed by atoms with E-state index >= 15 is 0 Å². The third-order valence-electron chi connectivity index (χ3n) is 5.83. The van der Waals surface area contributed by atoms with Gasteiger partial charge in [0.2, 0.25) is 0 Å². The molecule has 0 saturated carbocycles. The lowest BCUT2D eigenvalue weighted by atomic mass is 9.94. The van der Waals surface area contributed by atoms with Gasteiger partial charge in [-0.1, -0.05) is 102 Å². The molecular formula is C27H45N. The molecule has 1 nitrogen and oxygen atoms in total. The van der Waals surface area contributed by atoms with Gasteiger partial charge in [-0.3, -0.25) is 0 Å². The summed E-state index contributed by atoms with van der Waals surface area (Å²) < 4.78 is 0. The summed E-state index contributed by atoms with van der Waals surface area (Å²) in [6, 6.07) is 9.32.